The predicted octanol–water partition coefficient (Wildman–Crippen LogP) is 4.51. The van der Waals surface area contributed by atoms with E-state index in [0.29, 0.717) is 21.4 Å². The van der Waals surface area contributed by atoms with Gasteiger partial charge in [0, 0.05) is 16.7 Å². The molecule has 2 aromatic carbocycles. The van der Waals surface area contributed by atoms with Gasteiger partial charge < -0.3 is 5.32 Å². The van der Waals surface area contributed by atoms with E-state index < -0.39 is 17.5 Å². The molecule has 0 fully saturated rings. The van der Waals surface area contributed by atoms with Crippen LogP contribution >= 0.6 is 22.9 Å². The lowest BCUT2D eigenvalue weighted by atomic mass is 10.1. The van der Waals surface area contributed by atoms with Crippen LogP contribution < -0.4 is 10.9 Å². The van der Waals surface area contributed by atoms with Gasteiger partial charge in [0.15, 0.2) is 5.13 Å². The number of hydrogen-bond donors (Lipinski definition) is 1. The summed E-state index contributed by atoms with van der Waals surface area (Å²) in [6.07, 6.45) is 0. The molecule has 0 saturated heterocycles. The third-order valence-corrected chi connectivity index (χ3v) is 5.46. The molecule has 2 aromatic heterocycles. The normalized spacial score (nSPS) is 12.1. The molecule has 0 spiro atoms. The van der Waals surface area contributed by atoms with Gasteiger partial charge in [0.25, 0.3) is 11.5 Å². The minimum absolute atomic E-state index is 0.369. The van der Waals surface area contributed by atoms with Crippen LogP contribution in [0.3, 0.4) is 0 Å². The molecule has 0 aliphatic carbocycles. The van der Waals surface area contributed by atoms with E-state index in [9.17, 15) is 14.0 Å². The number of nitrogens with zero attached hydrogens (tertiary/aromatic N) is 3. The van der Waals surface area contributed by atoms with Crippen molar-refractivity contribution in [1.29, 1.82) is 0 Å². The van der Waals surface area contributed by atoms with Crippen LogP contribution in [0.25, 0.3) is 21.5 Å². The molecule has 0 bridgehead atoms. The SMILES string of the molecule is C[C@@H](C(=O)Nc1nc2ccc(Cl)cc2s1)n1nc(-c2ccc(F)cc2)ccc1=O. The fraction of sp³-hybridized carbons (Fsp3) is 0.100. The zero-order chi connectivity index (χ0) is 20.5. The van der Waals surface area contributed by atoms with E-state index in [1.165, 1.54) is 35.6 Å². The Morgan fingerprint density at radius 1 is 1.17 bits per heavy atom. The molecule has 0 radical (unpaired) electrons. The molecule has 1 atom stereocenters. The standard InChI is InChI=1S/C20H14ClFN4O2S/c1-11(19(28)24-20-23-16-7-4-13(21)10-17(16)29-20)26-18(27)9-8-15(25-26)12-2-5-14(22)6-3-12/h2-11H,1H3,(H,23,24,28)/t11-/m0/s1. The fourth-order valence-electron chi connectivity index (χ4n) is 2.75. The van der Waals surface area contributed by atoms with Crippen molar-refractivity contribution >= 4 is 44.2 Å². The predicted molar refractivity (Wildman–Crippen MR) is 112 cm³/mol. The highest BCUT2D eigenvalue weighted by Gasteiger charge is 2.19. The number of nitrogens with one attached hydrogen (secondary N) is 1. The van der Waals surface area contributed by atoms with Crippen LogP contribution in [0.15, 0.2) is 59.4 Å². The van der Waals surface area contributed by atoms with Crippen LogP contribution in [0.2, 0.25) is 5.02 Å². The summed E-state index contributed by atoms with van der Waals surface area (Å²) in [5.74, 6) is -0.798. The van der Waals surface area contributed by atoms with E-state index in [-0.39, 0.29) is 5.82 Å². The molecule has 29 heavy (non-hydrogen) atoms. The van der Waals surface area contributed by atoms with Crippen molar-refractivity contribution in [2.24, 2.45) is 0 Å². The minimum Gasteiger partial charge on any atom is -0.300 e. The molecule has 146 valence electrons. The van der Waals surface area contributed by atoms with Gasteiger partial charge in [-0.3, -0.25) is 9.59 Å². The highest BCUT2D eigenvalue weighted by molar-refractivity contribution is 7.22. The monoisotopic (exact) mass is 428 g/mol. The molecule has 0 saturated carbocycles. The number of carbonyl (C=O) groups is 1. The Kier molecular flexibility index (Phi) is 5.12. The summed E-state index contributed by atoms with van der Waals surface area (Å²) in [7, 11) is 0. The minimum atomic E-state index is -0.876. The molecule has 2 heterocycles. The Hall–Kier alpha value is -3.10. The molecule has 4 aromatic rings. The third-order valence-electron chi connectivity index (χ3n) is 4.29. The number of rotatable bonds is 4. The van der Waals surface area contributed by atoms with Gasteiger partial charge in [-0.05, 0) is 55.5 Å². The largest absolute Gasteiger partial charge is 0.300 e. The van der Waals surface area contributed by atoms with Crippen molar-refractivity contribution in [3.8, 4) is 11.3 Å². The summed E-state index contributed by atoms with van der Waals surface area (Å²) in [6.45, 7) is 1.57. The lowest BCUT2D eigenvalue weighted by Gasteiger charge is -2.14. The maximum atomic E-state index is 13.1. The summed E-state index contributed by atoms with van der Waals surface area (Å²) in [4.78, 5) is 29.3. The fourth-order valence-corrected chi connectivity index (χ4v) is 3.90. The van der Waals surface area contributed by atoms with Gasteiger partial charge in [-0.2, -0.15) is 5.10 Å². The van der Waals surface area contributed by atoms with Gasteiger partial charge in [-0.15, -0.1) is 0 Å². The van der Waals surface area contributed by atoms with Gasteiger partial charge in [0.1, 0.15) is 11.9 Å². The molecule has 1 N–H and O–H groups in total. The zero-order valence-electron chi connectivity index (χ0n) is 15.1. The van der Waals surface area contributed by atoms with E-state index in [1.54, 1.807) is 37.3 Å². The molecule has 0 unspecified atom stereocenters. The molecular formula is C20H14ClFN4O2S. The summed E-state index contributed by atoms with van der Waals surface area (Å²) >= 11 is 7.27. The van der Waals surface area contributed by atoms with Crippen LogP contribution in [0.4, 0.5) is 9.52 Å². The van der Waals surface area contributed by atoms with E-state index in [2.05, 4.69) is 15.4 Å². The summed E-state index contributed by atoms with van der Waals surface area (Å²) in [5.41, 5.74) is 1.39. The van der Waals surface area contributed by atoms with E-state index in [4.69, 9.17) is 11.6 Å². The van der Waals surface area contributed by atoms with E-state index in [1.807, 2.05) is 0 Å². The van der Waals surface area contributed by atoms with Crippen LogP contribution in [0.5, 0.6) is 0 Å². The number of thiazole rings is 1. The third kappa shape index (κ3) is 4.03. The summed E-state index contributed by atoms with van der Waals surface area (Å²) < 4.78 is 15.1. The Balaban J connectivity index is 1.59. The first kappa shape index (κ1) is 19.2. The second kappa shape index (κ2) is 7.73. The maximum Gasteiger partial charge on any atom is 0.267 e. The first-order valence-corrected chi connectivity index (χ1v) is 9.83. The summed E-state index contributed by atoms with van der Waals surface area (Å²) in [5, 5.41) is 7.98. The number of anilines is 1. The van der Waals surface area contributed by atoms with Crippen molar-refractivity contribution in [2.75, 3.05) is 5.32 Å². The van der Waals surface area contributed by atoms with E-state index in [0.717, 1.165) is 14.9 Å². The van der Waals surface area contributed by atoms with Gasteiger partial charge >= 0.3 is 0 Å². The first-order chi connectivity index (χ1) is 13.9. The van der Waals surface area contributed by atoms with Gasteiger partial charge in [-0.1, -0.05) is 22.9 Å². The highest BCUT2D eigenvalue weighted by Crippen LogP contribution is 2.28. The zero-order valence-corrected chi connectivity index (χ0v) is 16.7. The number of amides is 1. The van der Waals surface area contributed by atoms with Gasteiger partial charge in [-0.25, -0.2) is 14.1 Å². The smallest absolute Gasteiger partial charge is 0.267 e. The Morgan fingerprint density at radius 3 is 2.69 bits per heavy atom. The number of carbonyl (C=O) groups excluding carboxylic acids is 1. The Bertz CT molecular complexity index is 1270. The molecule has 1 amide bonds. The number of fused-ring (bicyclic) bond motifs is 1. The molecule has 9 heteroatoms. The topological polar surface area (TPSA) is 76.9 Å². The van der Waals surface area contributed by atoms with Crippen LogP contribution in [-0.2, 0) is 4.79 Å². The molecular weight excluding hydrogens is 415 g/mol. The molecule has 6 nitrogen and oxygen atoms in total. The van der Waals surface area contributed by atoms with Crippen molar-refractivity contribution in [1.82, 2.24) is 14.8 Å². The van der Waals surface area contributed by atoms with Crippen molar-refractivity contribution in [3.05, 3.63) is 75.8 Å². The van der Waals surface area contributed by atoms with Crippen molar-refractivity contribution in [3.63, 3.8) is 0 Å². The molecule has 4 rings (SSSR count). The number of halogens is 2. The van der Waals surface area contributed by atoms with Gasteiger partial charge in [0.05, 0.1) is 15.9 Å². The van der Waals surface area contributed by atoms with Crippen LogP contribution in [0, 0.1) is 5.82 Å². The summed E-state index contributed by atoms with van der Waals surface area (Å²) in [6, 6.07) is 13.0. The van der Waals surface area contributed by atoms with Gasteiger partial charge in [0.2, 0.25) is 0 Å². The number of hydrogen-bond acceptors (Lipinski definition) is 5. The quantitative estimate of drug-likeness (QED) is 0.518. The average molecular weight is 429 g/mol. The second-order valence-corrected chi connectivity index (χ2v) is 7.77. The Labute approximate surface area is 173 Å². The highest BCUT2D eigenvalue weighted by atomic mass is 35.5. The average Bonchev–Trinajstić information content (AvgIpc) is 3.09. The van der Waals surface area contributed by atoms with Crippen LogP contribution in [-0.4, -0.2) is 20.7 Å². The van der Waals surface area contributed by atoms with Crippen molar-refractivity contribution in [2.45, 2.75) is 13.0 Å². The number of benzene rings is 2. The lowest BCUT2D eigenvalue weighted by Crippen LogP contribution is -2.33. The van der Waals surface area contributed by atoms with Crippen molar-refractivity contribution < 1.29 is 9.18 Å². The number of aromatic nitrogens is 3. The molecule has 0 aliphatic heterocycles. The molecule has 0 aliphatic rings. The lowest BCUT2D eigenvalue weighted by molar-refractivity contribution is -0.119. The Morgan fingerprint density at radius 2 is 1.93 bits per heavy atom. The maximum absolute atomic E-state index is 13.1. The second-order valence-electron chi connectivity index (χ2n) is 6.30. The first-order valence-electron chi connectivity index (χ1n) is 8.63. The van der Waals surface area contributed by atoms with Crippen LogP contribution in [0.1, 0.15) is 13.0 Å². The van der Waals surface area contributed by atoms with E-state index >= 15 is 0 Å².